The van der Waals surface area contributed by atoms with Crippen molar-refractivity contribution in [2.24, 2.45) is 22.9 Å². The van der Waals surface area contributed by atoms with Gasteiger partial charge in [-0.2, -0.15) is 0 Å². The quantitative estimate of drug-likeness (QED) is 0.235. The van der Waals surface area contributed by atoms with Gasteiger partial charge in [0.1, 0.15) is 6.61 Å². The molecule has 3 unspecified atom stereocenters. The minimum atomic E-state index is -0.900. The molecule has 0 aromatic heterocycles. The number of aliphatic carboxylic acids is 1. The highest BCUT2D eigenvalue weighted by Gasteiger charge is 2.51. The van der Waals surface area contributed by atoms with Crippen LogP contribution in [0.1, 0.15) is 77.6 Å². The van der Waals surface area contributed by atoms with E-state index in [4.69, 9.17) is 9.94 Å². The summed E-state index contributed by atoms with van der Waals surface area (Å²) in [5.74, 6) is -0.275. The van der Waals surface area contributed by atoms with Gasteiger partial charge in [-0.25, -0.2) is 0 Å². The van der Waals surface area contributed by atoms with Crippen molar-refractivity contribution in [3.05, 3.63) is 12.2 Å². The number of carboxylic acid groups (broad SMARTS) is 1. The van der Waals surface area contributed by atoms with Gasteiger partial charge in [-0.1, -0.05) is 69.2 Å². The zero-order valence-corrected chi connectivity index (χ0v) is 17.1. The van der Waals surface area contributed by atoms with Crippen LogP contribution in [0.25, 0.3) is 0 Å². The van der Waals surface area contributed by atoms with E-state index in [0.29, 0.717) is 12.3 Å². The lowest BCUT2D eigenvalue weighted by Gasteiger charge is -2.34. The fourth-order valence-corrected chi connectivity index (χ4v) is 4.34. The maximum Gasteiger partial charge on any atom is 0.306 e. The van der Waals surface area contributed by atoms with Crippen molar-refractivity contribution in [3.8, 4) is 0 Å². The van der Waals surface area contributed by atoms with Gasteiger partial charge in [-0.3, -0.25) is 4.79 Å². The predicted molar refractivity (Wildman–Crippen MR) is 109 cm³/mol. The summed E-state index contributed by atoms with van der Waals surface area (Å²) in [6.45, 7) is 2.30. The summed E-state index contributed by atoms with van der Waals surface area (Å²) in [7, 11) is 0. The van der Waals surface area contributed by atoms with Crippen molar-refractivity contribution < 1.29 is 25.0 Å². The maximum atomic E-state index is 10.5. The van der Waals surface area contributed by atoms with E-state index in [-0.39, 0.29) is 24.9 Å². The van der Waals surface area contributed by atoms with Crippen LogP contribution in [-0.4, -0.2) is 45.8 Å². The summed E-state index contributed by atoms with van der Waals surface area (Å²) in [6.07, 6.45) is 13.8. The van der Waals surface area contributed by atoms with Crippen molar-refractivity contribution in [3.63, 3.8) is 0 Å². The molecule has 2 rings (SSSR count). The number of aliphatic hydroxyl groups excluding tert-OH is 2. The Hall–Kier alpha value is -1.40. The average Bonchev–Trinajstić information content (AvgIpc) is 2.89. The molecule has 160 valence electrons. The van der Waals surface area contributed by atoms with Gasteiger partial charge in [0.25, 0.3) is 0 Å². The first-order chi connectivity index (χ1) is 13.5. The molecular formula is C22H37NO5. The van der Waals surface area contributed by atoms with Crippen LogP contribution in [-0.2, 0) is 9.63 Å². The van der Waals surface area contributed by atoms with Crippen LogP contribution in [0.2, 0.25) is 0 Å². The van der Waals surface area contributed by atoms with Crippen LogP contribution in [0.5, 0.6) is 0 Å². The highest BCUT2D eigenvalue weighted by Crippen LogP contribution is 2.49. The third-order valence-electron chi connectivity index (χ3n) is 6.07. The maximum absolute atomic E-state index is 10.5. The van der Waals surface area contributed by atoms with E-state index in [1.54, 1.807) is 0 Å². The molecule has 0 aromatic rings. The van der Waals surface area contributed by atoms with Crippen LogP contribution in [0.15, 0.2) is 17.3 Å². The lowest BCUT2D eigenvalue weighted by Crippen LogP contribution is -2.36. The Kier molecular flexibility index (Phi) is 9.99. The van der Waals surface area contributed by atoms with Gasteiger partial charge in [0.2, 0.25) is 0 Å². The normalized spacial score (nSPS) is 29.0. The van der Waals surface area contributed by atoms with Crippen LogP contribution >= 0.6 is 0 Å². The number of fused-ring (bicyclic) bond motifs is 1. The van der Waals surface area contributed by atoms with E-state index in [0.717, 1.165) is 25.0 Å². The van der Waals surface area contributed by atoms with Gasteiger partial charge in [0, 0.05) is 11.8 Å². The highest BCUT2D eigenvalue weighted by molar-refractivity contribution is 5.93. The third kappa shape index (κ3) is 7.21. The van der Waals surface area contributed by atoms with Gasteiger partial charge < -0.3 is 20.2 Å². The molecule has 0 spiro atoms. The summed E-state index contributed by atoms with van der Waals surface area (Å²) in [6, 6.07) is 0. The largest absolute Gasteiger partial charge is 0.481 e. The van der Waals surface area contributed by atoms with Gasteiger partial charge in [0.15, 0.2) is 0 Å². The molecule has 0 aliphatic heterocycles. The summed E-state index contributed by atoms with van der Waals surface area (Å²) in [5.41, 5.74) is 0.925. The zero-order valence-electron chi connectivity index (χ0n) is 17.1. The number of hydrogen-bond acceptors (Lipinski definition) is 5. The Morgan fingerprint density at radius 2 is 1.96 bits per heavy atom. The number of oxime groups is 1. The van der Waals surface area contributed by atoms with Crippen LogP contribution in [0, 0.1) is 17.8 Å². The van der Waals surface area contributed by atoms with E-state index in [2.05, 4.69) is 12.1 Å². The van der Waals surface area contributed by atoms with Gasteiger partial charge in [0.05, 0.1) is 24.3 Å². The number of nitrogens with zero attached hydrogens (tertiary/aromatic N) is 1. The number of rotatable bonds is 14. The summed E-state index contributed by atoms with van der Waals surface area (Å²) in [5, 5.41) is 33.2. The van der Waals surface area contributed by atoms with Crippen molar-refractivity contribution in [1.29, 1.82) is 0 Å². The molecule has 0 radical (unpaired) electrons. The van der Waals surface area contributed by atoms with Gasteiger partial charge in [-0.05, 0) is 25.2 Å². The smallest absolute Gasteiger partial charge is 0.306 e. The number of carboxylic acids is 1. The molecule has 0 aromatic carbocycles. The fourth-order valence-electron chi connectivity index (χ4n) is 4.34. The van der Waals surface area contributed by atoms with Crippen molar-refractivity contribution in [2.75, 3.05) is 6.61 Å². The van der Waals surface area contributed by atoms with E-state index in [9.17, 15) is 15.0 Å². The lowest BCUT2D eigenvalue weighted by molar-refractivity contribution is -0.138. The second kappa shape index (κ2) is 12.2. The number of unbranched alkanes of at least 4 members (excludes halogenated alkanes) is 6. The minimum Gasteiger partial charge on any atom is -0.481 e. The van der Waals surface area contributed by atoms with E-state index >= 15 is 0 Å². The molecule has 2 aliphatic carbocycles. The molecular weight excluding hydrogens is 358 g/mol. The molecule has 2 fully saturated rings. The Bertz CT molecular complexity index is 533. The second-order valence-corrected chi connectivity index (χ2v) is 8.28. The number of hydrogen-bond donors (Lipinski definition) is 3. The molecule has 0 heterocycles. The molecule has 0 saturated heterocycles. The van der Waals surface area contributed by atoms with E-state index < -0.39 is 18.2 Å². The first-order valence-corrected chi connectivity index (χ1v) is 11.0. The lowest BCUT2D eigenvalue weighted by atomic mass is 9.71. The molecule has 6 heteroatoms. The molecule has 28 heavy (non-hydrogen) atoms. The molecule has 2 aliphatic rings. The van der Waals surface area contributed by atoms with E-state index in [1.165, 1.54) is 38.5 Å². The predicted octanol–water partition coefficient (Wildman–Crippen LogP) is 3.91. The average molecular weight is 396 g/mol. The Morgan fingerprint density at radius 3 is 2.68 bits per heavy atom. The zero-order chi connectivity index (χ0) is 20.4. The third-order valence-corrected chi connectivity index (χ3v) is 6.07. The SMILES string of the molecule is CCCCCCCCCC(O)C=CC1C(O)C[C@@H]2C(=NOCCC(=O)O)C[C@@H]12. The molecule has 0 bridgehead atoms. The molecule has 6 nitrogen and oxygen atoms in total. The van der Waals surface area contributed by atoms with Gasteiger partial charge in [-0.15, -0.1) is 0 Å². The summed E-state index contributed by atoms with van der Waals surface area (Å²) < 4.78 is 0. The monoisotopic (exact) mass is 395 g/mol. The molecule has 2 saturated carbocycles. The first kappa shape index (κ1) is 22.9. The van der Waals surface area contributed by atoms with E-state index in [1.807, 2.05) is 12.2 Å². The molecule has 3 N–H and O–H groups in total. The van der Waals surface area contributed by atoms with Crippen molar-refractivity contribution in [1.82, 2.24) is 0 Å². The summed E-state index contributed by atoms with van der Waals surface area (Å²) in [4.78, 5) is 15.5. The van der Waals surface area contributed by atoms with Crippen LogP contribution in [0.4, 0.5) is 0 Å². The van der Waals surface area contributed by atoms with Crippen LogP contribution in [0.3, 0.4) is 0 Å². The highest BCUT2D eigenvalue weighted by atomic mass is 16.6. The Morgan fingerprint density at radius 1 is 1.25 bits per heavy atom. The Balaban J connectivity index is 1.64. The minimum absolute atomic E-state index is 0.0600. The number of aliphatic hydroxyl groups is 2. The Labute approximate surface area is 168 Å². The second-order valence-electron chi connectivity index (χ2n) is 8.28. The topological polar surface area (TPSA) is 99.4 Å². The first-order valence-electron chi connectivity index (χ1n) is 11.0. The van der Waals surface area contributed by atoms with Gasteiger partial charge >= 0.3 is 5.97 Å². The molecule has 0 amide bonds. The van der Waals surface area contributed by atoms with Crippen LogP contribution < -0.4 is 0 Å². The molecule has 5 atom stereocenters. The standard InChI is InChI=1S/C22H37NO5/c1-2-3-4-5-6-7-8-9-16(24)10-11-17-18-14-20(19(18)15-21(17)25)23-28-13-12-22(26)27/h10-11,16-19,21,24-25H,2-9,12-15H2,1H3,(H,26,27)/t16?,17?,18-,19-,21?/m0/s1. The van der Waals surface area contributed by atoms with Crippen molar-refractivity contribution >= 4 is 11.7 Å². The summed E-state index contributed by atoms with van der Waals surface area (Å²) >= 11 is 0. The number of carbonyl (C=O) groups is 1. The fraction of sp³-hybridized carbons (Fsp3) is 0.818. The van der Waals surface area contributed by atoms with Crippen molar-refractivity contribution in [2.45, 2.75) is 89.8 Å².